The van der Waals surface area contributed by atoms with Gasteiger partial charge in [0.1, 0.15) is 18.4 Å². The minimum atomic E-state index is -0.899. The van der Waals surface area contributed by atoms with Crippen molar-refractivity contribution in [3.05, 3.63) is 99.1 Å². The zero-order chi connectivity index (χ0) is 22.5. The van der Waals surface area contributed by atoms with Crippen molar-refractivity contribution in [1.29, 1.82) is 0 Å². The van der Waals surface area contributed by atoms with Crippen molar-refractivity contribution < 1.29 is 14.6 Å². The molecule has 1 heterocycles. The Morgan fingerprint density at radius 3 is 2.66 bits per heavy atom. The van der Waals surface area contributed by atoms with Crippen LogP contribution in [-0.4, -0.2) is 22.1 Å². The summed E-state index contributed by atoms with van der Waals surface area (Å²) in [5.74, 6) is -0.222. The Kier molecular flexibility index (Phi) is 7.15. The van der Waals surface area contributed by atoms with Gasteiger partial charge in [-0.2, -0.15) is 0 Å². The van der Waals surface area contributed by atoms with Crippen LogP contribution in [0.4, 0.5) is 0 Å². The average Bonchev–Trinajstić information content (AvgIpc) is 3.19. The number of aliphatic carboxylic acids is 1. The van der Waals surface area contributed by atoms with E-state index in [0.717, 1.165) is 32.1 Å². The second kappa shape index (κ2) is 10.2. The molecule has 4 rings (SSSR count). The molecule has 3 N–H and O–H groups in total. The van der Waals surface area contributed by atoms with E-state index < -0.39 is 12.0 Å². The largest absolute Gasteiger partial charge is 0.489 e. The van der Waals surface area contributed by atoms with E-state index in [-0.39, 0.29) is 0 Å². The molecule has 0 bridgehead atoms. The molecule has 7 heteroatoms. The maximum Gasteiger partial charge on any atom is 0.321 e. The van der Waals surface area contributed by atoms with Crippen LogP contribution in [-0.2, 0) is 24.4 Å². The summed E-state index contributed by atoms with van der Waals surface area (Å²) in [5, 5.41) is 14.7. The van der Waals surface area contributed by atoms with E-state index in [2.05, 4.69) is 26.2 Å². The summed E-state index contributed by atoms with van der Waals surface area (Å²) in [6.45, 7) is 0.669. The summed E-state index contributed by atoms with van der Waals surface area (Å²) in [4.78, 5) is 15.2. The Morgan fingerprint density at radius 2 is 1.84 bits per heavy atom. The minimum Gasteiger partial charge on any atom is -0.489 e. The van der Waals surface area contributed by atoms with E-state index in [9.17, 15) is 9.90 Å². The molecule has 32 heavy (non-hydrogen) atoms. The lowest BCUT2D eigenvalue weighted by atomic mass is 10.0. The second-order valence-corrected chi connectivity index (χ2v) is 8.79. The molecule has 0 saturated heterocycles. The lowest BCUT2D eigenvalue weighted by molar-refractivity contribution is -0.139. The zero-order valence-corrected chi connectivity index (χ0v) is 19.5. The fraction of sp³-hybridized carbons (Fsp3) is 0.160. The summed E-state index contributed by atoms with van der Waals surface area (Å²) in [5.41, 5.74) is 3.70. The smallest absolute Gasteiger partial charge is 0.321 e. The van der Waals surface area contributed by atoms with Gasteiger partial charge in [-0.1, -0.05) is 63.9 Å². The van der Waals surface area contributed by atoms with Crippen LogP contribution >= 0.6 is 27.5 Å². The van der Waals surface area contributed by atoms with Crippen molar-refractivity contribution in [2.45, 2.75) is 25.6 Å². The fourth-order valence-electron chi connectivity index (χ4n) is 3.60. The highest BCUT2D eigenvalue weighted by atomic mass is 79.9. The van der Waals surface area contributed by atoms with Crippen molar-refractivity contribution in [1.82, 2.24) is 10.3 Å². The van der Waals surface area contributed by atoms with Crippen LogP contribution in [0.1, 0.15) is 16.7 Å². The van der Waals surface area contributed by atoms with E-state index in [1.54, 1.807) is 0 Å². The number of carboxylic acids is 1. The second-order valence-electron chi connectivity index (χ2n) is 7.47. The van der Waals surface area contributed by atoms with Crippen LogP contribution in [0, 0.1) is 0 Å². The number of halogens is 2. The van der Waals surface area contributed by atoms with Gasteiger partial charge in [0.2, 0.25) is 0 Å². The van der Waals surface area contributed by atoms with Crippen molar-refractivity contribution in [2.24, 2.45) is 0 Å². The Bertz CT molecular complexity index is 1240. The van der Waals surface area contributed by atoms with Gasteiger partial charge in [0, 0.05) is 50.7 Å². The molecule has 0 spiro atoms. The van der Waals surface area contributed by atoms with Crippen LogP contribution in [0.2, 0.25) is 5.02 Å². The van der Waals surface area contributed by atoms with Crippen LogP contribution in [0.5, 0.6) is 5.75 Å². The van der Waals surface area contributed by atoms with Gasteiger partial charge < -0.3 is 14.8 Å². The molecule has 0 amide bonds. The third-order valence-electron chi connectivity index (χ3n) is 5.30. The molecule has 0 unspecified atom stereocenters. The summed E-state index contributed by atoms with van der Waals surface area (Å²) >= 11 is 9.73. The van der Waals surface area contributed by atoms with Gasteiger partial charge in [0.25, 0.3) is 0 Å². The summed E-state index contributed by atoms with van der Waals surface area (Å²) in [6, 6.07) is 20.4. The maximum atomic E-state index is 12.0. The third-order valence-corrected chi connectivity index (χ3v) is 6.16. The first-order valence-electron chi connectivity index (χ1n) is 10.2. The van der Waals surface area contributed by atoms with Gasteiger partial charge in [-0.15, -0.1) is 0 Å². The molecular weight excluding hydrogens is 492 g/mol. The summed E-state index contributed by atoms with van der Waals surface area (Å²) in [7, 11) is 0. The number of H-pyrrole nitrogens is 1. The zero-order valence-electron chi connectivity index (χ0n) is 17.1. The monoisotopic (exact) mass is 512 g/mol. The van der Waals surface area contributed by atoms with E-state index in [1.807, 2.05) is 72.9 Å². The molecular formula is C25H22BrClN2O3. The molecule has 0 fully saturated rings. The van der Waals surface area contributed by atoms with E-state index in [4.69, 9.17) is 16.3 Å². The predicted octanol–water partition coefficient (Wildman–Crippen LogP) is 5.95. The standard InChI is InChI=1S/C25H22BrClN2O3/c26-19-9-10-24(32-15-16-5-1-3-7-21(16)27)18(11-19)14-29-23(25(30)31)12-17-13-28-22-8-4-2-6-20(17)22/h1-11,13,23,28-29H,12,14-15H2,(H,30,31)/t23-/m1/s1. The van der Waals surface area contributed by atoms with Gasteiger partial charge in [0.05, 0.1) is 0 Å². The topological polar surface area (TPSA) is 74.3 Å². The van der Waals surface area contributed by atoms with Gasteiger partial charge in [-0.05, 0) is 35.9 Å². The number of carboxylic acid groups (broad SMARTS) is 1. The first kappa shape index (κ1) is 22.4. The maximum absolute atomic E-state index is 12.0. The average molecular weight is 514 g/mol. The van der Waals surface area contributed by atoms with Crippen LogP contribution in [0.25, 0.3) is 10.9 Å². The lowest BCUT2D eigenvalue weighted by Gasteiger charge is -2.17. The number of aromatic amines is 1. The molecule has 3 aromatic carbocycles. The van der Waals surface area contributed by atoms with Crippen LogP contribution < -0.4 is 10.1 Å². The normalized spacial score (nSPS) is 12.1. The quantitative estimate of drug-likeness (QED) is 0.259. The van der Waals surface area contributed by atoms with Gasteiger partial charge in [0.15, 0.2) is 0 Å². The summed E-state index contributed by atoms with van der Waals surface area (Å²) < 4.78 is 6.91. The highest BCUT2D eigenvalue weighted by molar-refractivity contribution is 9.10. The number of fused-ring (bicyclic) bond motifs is 1. The number of ether oxygens (including phenoxy) is 1. The minimum absolute atomic E-state index is 0.325. The Balaban J connectivity index is 1.48. The van der Waals surface area contributed by atoms with E-state index >= 15 is 0 Å². The van der Waals surface area contributed by atoms with Crippen molar-refractivity contribution in [3.8, 4) is 5.75 Å². The first-order valence-corrected chi connectivity index (χ1v) is 11.3. The number of nitrogens with one attached hydrogen (secondary N) is 2. The Labute approximate surface area is 199 Å². The molecule has 0 aliphatic carbocycles. The molecule has 5 nitrogen and oxygen atoms in total. The fourth-order valence-corrected chi connectivity index (χ4v) is 4.20. The van der Waals surface area contributed by atoms with Crippen molar-refractivity contribution >= 4 is 44.4 Å². The number of benzene rings is 3. The van der Waals surface area contributed by atoms with Gasteiger partial charge >= 0.3 is 5.97 Å². The SMILES string of the molecule is O=C(O)[C@@H](Cc1c[nH]c2ccccc12)NCc1cc(Br)ccc1OCc1ccccc1Cl. The van der Waals surface area contributed by atoms with Crippen LogP contribution in [0.15, 0.2) is 77.4 Å². The Hall–Kier alpha value is -2.80. The number of rotatable bonds is 9. The molecule has 164 valence electrons. The molecule has 0 radical (unpaired) electrons. The first-order chi connectivity index (χ1) is 15.5. The summed E-state index contributed by atoms with van der Waals surface area (Å²) in [6.07, 6.45) is 2.24. The van der Waals surface area contributed by atoms with Crippen molar-refractivity contribution in [3.63, 3.8) is 0 Å². The lowest BCUT2D eigenvalue weighted by Crippen LogP contribution is -2.38. The number of carbonyl (C=O) groups is 1. The molecule has 4 aromatic rings. The van der Waals surface area contributed by atoms with Crippen molar-refractivity contribution in [2.75, 3.05) is 0 Å². The van der Waals surface area contributed by atoms with E-state index in [1.165, 1.54) is 0 Å². The van der Waals surface area contributed by atoms with Gasteiger partial charge in [-0.3, -0.25) is 10.1 Å². The van der Waals surface area contributed by atoms with Crippen LogP contribution in [0.3, 0.4) is 0 Å². The highest BCUT2D eigenvalue weighted by Gasteiger charge is 2.20. The molecule has 0 saturated carbocycles. The third kappa shape index (κ3) is 5.33. The number of hydrogen-bond acceptors (Lipinski definition) is 3. The molecule has 0 aliphatic heterocycles. The molecule has 0 aliphatic rings. The van der Waals surface area contributed by atoms with Gasteiger partial charge in [-0.25, -0.2) is 0 Å². The Morgan fingerprint density at radius 1 is 1.06 bits per heavy atom. The number of para-hydroxylation sites is 1. The highest BCUT2D eigenvalue weighted by Crippen LogP contribution is 2.26. The molecule has 1 atom stereocenters. The predicted molar refractivity (Wildman–Crippen MR) is 130 cm³/mol. The molecule has 1 aromatic heterocycles. The van der Waals surface area contributed by atoms with E-state index in [0.29, 0.717) is 30.3 Å². The number of hydrogen-bond donors (Lipinski definition) is 3. The number of aromatic nitrogens is 1.